The molecule has 0 aromatic rings. The van der Waals surface area contributed by atoms with Crippen LogP contribution in [0.15, 0.2) is 11.5 Å². The van der Waals surface area contributed by atoms with Crippen molar-refractivity contribution in [1.29, 1.82) is 0 Å². The number of fused-ring (bicyclic) bond motifs is 1. The Morgan fingerprint density at radius 3 is 3.08 bits per heavy atom. The van der Waals surface area contributed by atoms with Crippen molar-refractivity contribution in [3.63, 3.8) is 0 Å². The molecule has 0 spiro atoms. The Hall–Kier alpha value is -0.440. The van der Waals surface area contributed by atoms with Crippen molar-refractivity contribution in [2.75, 3.05) is 12.8 Å². The summed E-state index contributed by atoms with van der Waals surface area (Å²) < 4.78 is 0. The van der Waals surface area contributed by atoms with Crippen molar-refractivity contribution in [3.8, 4) is 0 Å². The number of amides is 1. The molecule has 2 aliphatic rings. The van der Waals surface area contributed by atoms with Crippen LogP contribution in [0.2, 0.25) is 0 Å². The van der Waals surface area contributed by atoms with E-state index in [0.717, 1.165) is 12.5 Å². The zero-order chi connectivity index (χ0) is 9.26. The van der Waals surface area contributed by atoms with Gasteiger partial charge in [0.05, 0.1) is 0 Å². The van der Waals surface area contributed by atoms with E-state index in [9.17, 15) is 4.79 Å². The van der Waals surface area contributed by atoms with E-state index in [1.54, 1.807) is 17.8 Å². The van der Waals surface area contributed by atoms with Gasteiger partial charge in [0.1, 0.15) is 0 Å². The standard InChI is InChI=1S/C10H15NOS/c1-13-6-5-10(12)11-7-8-3-2-4-9(8)11/h5-6,8-9H,2-4,7H2,1H3/b6-5+. The maximum Gasteiger partial charge on any atom is 0.247 e. The summed E-state index contributed by atoms with van der Waals surface area (Å²) in [6.45, 7) is 1.00. The molecule has 72 valence electrons. The number of hydrogen-bond acceptors (Lipinski definition) is 2. The van der Waals surface area contributed by atoms with Crippen LogP contribution in [-0.4, -0.2) is 29.6 Å². The second kappa shape index (κ2) is 3.74. The molecule has 2 unspecified atom stereocenters. The van der Waals surface area contributed by atoms with Crippen molar-refractivity contribution in [1.82, 2.24) is 4.90 Å². The van der Waals surface area contributed by atoms with Gasteiger partial charge in [0, 0.05) is 18.7 Å². The average molecular weight is 197 g/mol. The Morgan fingerprint density at radius 1 is 1.54 bits per heavy atom. The fraction of sp³-hybridized carbons (Fsp3) is 0.700. The number of hydrogen-bond donors (Lipinski definition) is 0. The Bertz CT molecular complexity index is 239. The molecule has 0 radical (unpaired) electrons. The van der Waals surface area contributed by atoms with Crippen molar-refractivity contribution >= 4 is 17.7 Å². The fourth-order valence-electron chi connectivity index (χ4n) is 2.37. The third-order valence-corrected chi connectivity index (χ3v) is 3.49. The molecule has 1 aliphatic heterocycles. The molecular formula is C10H15NOS. The molecule has 1 saturated heterocycles. The summed E-state index contributed by atoms with van der Waals surface area (Å²) in [6, 6.07) is 0.582. The smallest absolute Gasteiger partial charge is 0.247 e. The second-order valence-electron chi connectivity index (χ2n) is 3.79. The summed E-state index contributed by atoms with van der Waals surface area (Å²) in [4.78, 5) is 13.6. The lowest BCUT2D eigenvalue weighted by Crippen LogP contribution is -2.55. The van der Waals surface area contributed by atoms with Gasteiger partial charge in [-0.25, -0.2) is 0 Å². The summed E-state index contributed by atoms with van der Waals surface area (Å²) in [7, 11) is 0. The second-order valence-corrected chi connectivity index (χ2v) is 4.53. The van der Waals surface area contributed by atoms with E-state index in [0.29, 0.717) is 6.04 Å². The molecule has 2 rings (SSSR count). The first-order chi connectivity index (χ1) is 6.33. The third kappa shape index (κ3) is 1.62. The topological polar surface area (TPSA) is 20.3 Å². The molecule has 1 amide bonds. The van der Waals surface area contributed by atoms with Gasteiger partial charge in [0.15, 0.2) is 0 Å². The molecule has 3 heteroatoms. The quantitative estimate of drug-likeness (QED) is 0.630. The highest BCUT2D eigenvalue weighted by atomic mass is 32.2. The predicted octanol–water partition coefficient (Wildman–Crippen LogP) is 1.87. The third-order valence-electron chi connectivity index (χ3n) is 3.08. The molecular weight excluding hydrogens is 182 g/mol. The number of carbonyl (C=O) groups excluding carboxylic acids is 1. The lowest BCUT2D eigenvalue weighted by molar-refractivity contribution is -0.136. The molecule has 0 bridgehead atoms. The molecule has 0 aromatic carbocycles. The van der Waals surface area contributed by atoms with Crippen molar-refractivity contribution in [2.24, 2.45) is 5.92 Å². The highest BCUT2D eigenvalue weighted by molar-refractivity contribution is 8.01. The van der Waals surface area contributed by atoms with Gasteiger partial charge in [-0.2, -0.15) is 0 Å². The van der Waals surface area contributed by atoms with Gasteiger partial charge in [-0.1, -0.05) is 6.42 Å². The maximum absolute atomic E-state index is 11.6. The van der Waals surface area contributed by atoms with E-state index in [-0.39, 0.29) is 5.91 Å². The molecule has 1 aliphatic carbocycles. The van der Waals surface area contributed by atoms with Gasteiger partial charge in [0.2, 0.25) is 5.91 Å². The molecule has 0 N–H and O–H groups in total. The van der Waals surface area contributed by atoms with Crippen LogP contribution < -0.4 is 0 Å². The summed E-state index contributed by atoms with van der Waals surface area (Å²) in [5.74, 6) is 1.03. The SMILES string of the molecule is CS/C=C/C(=O)N1CC2CCCC21. The predicted molar refractivity (Wildman–Crippen MR) is 55.5 cm³/mol. The largest absolute Gasteiger partial charge is 0.335 e. The van der Waals surface area contributed by atoms with Gasteiger partial charge in [-0.15, -0.1) is 11.8 Å². The Morgan fingerprint density at radius 2 is 2.38 bits per heavy atom. The molecule has 1 saturated carbocycles. The molecule has 2 atom stereocenters. The summed E-state index contributed by atoms with van der Waals surface area (Å²) >= 11 is 1.58. The van der Waals surface area contributed by atoms with E-state index in [1.165, 1.54) is 19.3 Å². The minimum absolute atomic E-state index is 0.206. The van der Waals surface area contributed by atoms with Crippen molar-refractivity contribution < 1.29 is 4.79 Å². The fourth-order valence-corrected chi connectivity index (χ4v) is 2.62. The van der Waals surface area contributed by atoms with Crippen LogP contribution in [0.25, 0.3) is 0 Å². The van der Waals surface area contributed by atoms with Gasteiger partial charge >= 0.3 is 0 Å². The normalized spacial score (nSPS) is 31.9. The summed E-state index contributed by atoms with van der Waals surface area (Å²) in [5.41, 5.74) is 0. The molecule has 2 fully saturated rings. The lowest BCUT2D eigenvalue weighted by atomic mass is 9.92. The molecule has 2 nitrogen and oxygen atoms in total. The van der Waals surface area contributed by atoms with E-state index >= 15 is 0 Å². The molecule has 0 aromatic heterocycles. The monoisotopic (exact) mass is 197 g/mol. The Balaban J connectivity index is 1.89. The average Bonchev–Trinajstić information content (AvgIpc) is 2.44. The van der Waals surface area contributed by atoms with Gasteiger partial charge in [-0.05, 0) is 30.4 Å². The summed E-state index contributed by atoms with van der Waals surface area (Å²) in [6.07, 6.45) is 7.53. The van der Waals surface area contributed by atoms with Gasteiger partial charge in [-0.3, -0.25) is 4.79 Å². The highest BCUT2D eigenvalue weighted by Gasteiger charge is 2.43. The summed E-state index contributed by atoms with van der Waals surface area (Å²) in [5, 5.41) is 1.87. The minimum Gasteiger partial charge on any atom is -0.335 e. The minimum atomic E-state index is 0.206. The number of thioether (sulfide) groups is 1. The van der Waals surface area contributed by atoms with Gasteiger partial charge < -0.3 is 4.90 Å². The lowest BCUT2D eigenvalue weighted by Gasteiger charge is -2.44. The zero-order valence-corrected chi connectivity index (χ0v) is 8.72. The van der Waals surface area contributed by atoms with Crippen molar-refractivity contribution in [2.45, 2.75) is 25.3 Å². The number of carbonyl (C=O) groups is 1. The number of rotatable bonds is 2. The number of nitrogens with zero attached hydrogens (tertiary/aromatic N) is 1. The van der Waals surface area contributed by atoms with Crippen molar-refractivity contribution in [3.05, 3.63) is 11.5 Å². The van der Waals surface area contributed by atoms with Crippen LogP contribution in [-0.2, 0) is 4.79 Å². The van der Waals surface area contributed by atoms with Crippen LogP contribution in [0, 0.1) is 5.92 Å². The number of likely N-dealkylation sites (tertiary alicyclic amines) is 1. The maximum atomic E-state index is 11.6. The molecule has 13 heavy (non-hydrogen) atoms. The zero-order valence-electron chi connectivity index (χ0n) is 7.90. The molecule has 1 heterocycles. The van der Waals surface area contributed by atoms with Crippen LogP contribution in [0.3, 0.4) is 0 Å². The van der Waals surface area contributed by atoms with E-state index in [4.69, 9.17) is 0 Å². The highest BCUT2D eigenvalue weighted by Crippen LogP contribution is 2.38. The Labute approximate surface area is 83.4 Å². The van der Waals surface area contributed by atoms with Gasteiger partial charge in [0.25, 0.3) is 0 Å². The Kier molecular flexibility index (Phi) is 2.63. The van der Waals surface area contributed by atoms with E-state index in [2.05, 4.69) is 0 Å². The van der Waals surface area contributed by atoms with E-state index < -0.39 is 0 Å². The van der Waals surface area contributed by atoms with Crippen LogP contribution in [0.5, 0.6) is 0 Å². The first-order valence-electron chi connectivity index (χ1n) is 4.83. The first kappa shape index (κ1) is 9.13. The van der Waals surface area contributed by atoms with E-state index in [1.807, 2.05) is 16.6 Å². The van der Waals surface area contributed by atoms with Crippen LogP contribution in [0.4, 0.5) is 0 Å². The van der Waals surface area contributed by atoms with Crippen LogP contribution >= 0.6 is 11.8 Å². The first-order valence-corrected chi connectivity index (χ1v) is 6.11. The van der Waals surface area contributed by atoms with Crippen LogP contribution in [0.1, 0.15) is 19.3 Å².